The molecule has 5 N–H and O–H groups in total. The summed E-state index contributed by atoms with van der Waals surface area (Å²) < 4.78 is 15.5. The first-order valence-electron chi connectivity index (χ1n) is 19.3. The van der Waals surface area contributed by atoms with Crippen molar-refractivity contribution in [1.82, 2.24) is 40.8 Å². The van der Waals surface area contributed by atoms with E-state index in [1.54, 1.807) is 11.1 Å². The number of fused-ring (bicyclic) bond motifs is 2. The molecule has 2 aliphatic heterocycles. The molecule has 15 heteroatoms. The monoisotopic (exact) mass is 770 g/mol. The van der Waals surface area contributed by atoms with Crippen LogP contribution in [0.25, 0.3) is 22.5 Å². The Kier molecular flexibility index (Phi) is 14.5. The van der Waals surface area contributed by atoms with E-state index < -0.39 is 18.2 Å². The smallest absolute Gasteiger partial charge is 0.407 e. The molecule has 2 unspecified atom stereocenters. The van der Waals surface area contributed by atoms with E-state index in [9.17, 15) is 19.2 Å². The quantitative estimate of drug-likeness (QED) is 0.0841. The number of imidazole rings is 2. The highest BCUT2D eigenvalue weighted by Gasteiger charge is 2.37. The minimum Gasteiger partial charge on any atom is -0.457 e. The Morgan fingerprint density at radius 3 is 2.18 bits per heavy atom. The number of ether oxygens (including phenoxy) is 3. The maximum absolute atomic E-state index is 13.6. The number of H-pyrrole nitrogens is 2. The molecule has 2 aromatic carbocycles. The number of amides is 4. The molecule has 4 aromatic rings. The first-order chi connectivity index (χ1) is 27.0. The van der Waals surface area contributed by atoms with Crippen molar-refractivity contribution in [3.05, 3.63) is 71.6 Å². The molecule has 0 aliphatic carbocycles. The van der Waals surface area contributed by atoms with Gasteiger partial charge < -0.3 is 45.0 Å². The minimum absolute atomic E-state index is 0.110. The average molecular weight is 771 g/mol. The van der Waals surface area contributed by atoms with E-state index in [4.69, 9.17) is 14.5 Å². The molecular weight excluding hydrogens is 716 g/mol. The molecule has 0 saturated carbocycles. The molecule has 1 saturated heterocycles. The molecule has 2 aliphatic rings. The number of benzene rings is 2. The average Bonchev–Trinajstić information content (AvgIpc) is 3.99. The van der Waals surface area contributed by atoms with Crippen LogP contribution in [0.15, 0.2) is 48.8 Å². The maximum Gasteiger partial charge on any atom is 0.407 e. The molecule has 4 amide bonds. The van der Waals surface area contributed by atoms with Crippen LogP contribution in [0.1, 0.15) is 88.6 Å². The number of aryl methyl sites for hydroxylation is 1. The summed E-state index contributed by atoms with van der Waals surface area (Å²) in [5, 5.41) is 7.82. The van der Waals surface area contributed by atoms with Gasteiger partial charge in [0, 0.05) is 37.1 Å². The van der Waals surface area contributed by atoms with E-state index in [2.05, 4.69) is 61.6 Å². The van der Waals surface area contributed by atoms with E-state index in [0.717, 1.165) is 83.1 Å². The van der Waals surface area contributed by atoms with Gasteiger partial charge in [-0.25, -0.2) is 19.6 Å². The fourth-order valence-electron chi connectivity index (χ4n) is 6.71. The van der Waals surface area contributed by atoms with Crippen molar-refractivity contribution in [2.75, 3.05) is 33.9 Å². The Bertz CT molecular complexity index is 1970. The summed E-state index contributed by atoms with van der Waals surface area (Å²) in [6.45, 7) is 9.01. The lowest BCUT2D eigenvalue weighted by atomic mass is 9.96. The first-order valence-corrected chi connectivity index (χ1v) is 19.3. The van der Waals surface area contributed by atoms with E-state index in [1.807, 2.05) is 44.3 Å². The Morgan fingerprint density at radius 1 is 0.893 bits per heavy atom. The predicted octanol–water partition coefficient (Wildman–Crippen LogP) is 6.42. The van der Waals surface area contributed by atoms with Crippen LogP contribution in [-0.4, -0.2) is 88.7 Å². The fourth-order valence-corrected chi connectivity index (χ4v) is 6.71. The zero-order chi connectivity index (χ0) is 40.2. The molecule has 6 rings (SSSR count). The second-order valence-corrected chi connectivity index (χ2v) is 14.3. The van der Waals surface area contributed by atoms with Gasteiger partial charge >= 0.3 is 12.2 Å². The maximum atomic E-state index is 13.6. The molecule has 0 radical (unpaired) electrons. The third-order valence-corrected chi connectivity index (χ3v) is 9.55. The van der Waals surface area contributed by atoms with Crippen LogP contribution in [0, 0.1) is 5.92 Å². The van der Waals surface area contributed by atoms with E-state index in [-0.39, 0.29) is 30.3 Å². The summed E-state index contributed by atoms with van der Waals surface area (Å²) in [6, 6.07) is 11.3. The number of hydrogen-bond acceptors (Lipinski definition) is 9. The van der Waals surface area contributed by atoms with Crippen molar-refractivity contribution < 1.29 is 33.4 Å². The van der Waals surface area contributed by atoms with Crippen LogP contribution in [-0.2, 0) is 31.9 Å². The summed E-state index contributed by atoms with van der Waals surface area (Å²) >= 11 is 0. The largest absolute Gasteiger partial charge is 0.457 e. The summed E-state index contributed by atoms with van der Waals surface area (Å²) in [4.78, 5) is 66.4. The lowest BCUT2D eigenvalue weighted by Crippen LogP contribution is -2.51. The number of aromatic amines is 2. The third-order valence-electron chi connectivity index (χ3n) is 9.55. The molecule has 56 heavy (non-hydrogen) atoms. The highest BCUT2D eigenvalue weighted by Crippen LogP contribution is 2.40. The molecule has 15 nitrogen and oxygen atoms in total. The lowest BCUT2D eigenvalue weighted by Gasteiger charge is -2.30. The van der Waals surface area contributed by atoms with Gasteiger partial charge in [0.15, 0.2) is 0 Å². The SMILES string of the molecule is CCC.COC(=O)NCC(=O)NCCCCc1ncc(-c2ccc3c(c2)Cc2cc(-c4cnc(C5CCCN5C(=O)C(NC(=O)OC)C(C)C)[nH]4)ccc2O3)[nH]1. The minimum atomic E-state index is -0.695. The number of alkyl carbamates (subject to hydrolysis) is 2. The van der Waals surface area contributed by atoms with E-state index >= 15 is 0 Å². The molecule has 2 atom stereocenters. The summed E-state index contributed by atoms with van der Waals surface area (Å²) in [5.74, 6) is 2.67. The number of methoxy groups -OCH3 is 2. The lowest BCUT2D eigenvalue weighted by molar-refractivity contribution is -0.135. The second kappa shape index (κ2) is 19.6. The molecule has 2 aromatic heterocycles. The van der Waals surface area contributed by atoms with Crippen LogP contribution < -0.4 is 20.7 Å². The van der Waals surface area contributed by atoms with Gasteiger partial charge in [0.2, 0.25) is 11.8 Å². The summed E-state index contributed by atoms with van der Waals surface area (Å²) in [6.07, 6.45) is 8.25. The van der Waals surface area contributed by atoms with Crippen molar-refractivity contribution in [2.45, 2.75) is 84.7 Å². The zero-order valence-electron chi connectivity index (χ0n) is 33.1. The van der Waals surface area contributed by atoms with Crippen molar-refractivity contribution in [1.29, 1.82) is 0 Å². The number of hydrogen-bond donors (Lipinski definition) is 5. The zero-order valence-corrected chi connectivity index (χ0v) is 33.1. The predicted molar refractivity (Wildman–Crippen MR) is 211 cm³/mol. The number of carbonyl (C=O) groups is 4. The Hall–Kier alpha value is -5.86. The Labute approximate surface area is 327 Å². The van der Waals surface area contributed by atoms with Crippen LogP contribution in [0.2, 0.25) is 0 Å². The van der Waals surface area contributed by atoms with Crippen molar-refractivity contribution >= 4 is 24.0 Å². The molecular formula is C41H54N8O7. The van der Waals surface area contributed by atoms with Gasteiger partial charge in [0.25, 0.3) is 0 Å². The number of nitrogens with zero attached hydrogens (tertiary/aromatic N) is 3. The molecule has 4 heterocycles. The normalized spacial score (nSPS) is 14.7. The van der Waals surface area contributed by atoms with Crippen LogP contribution >= 0.6 is 0 Å². The van der Waals surface area contributed by atoms with E-state index in [1.165, 1.54) is 20.6 Å². The fraction of sp³-hybridized carbons (Fsp3) is 0.463. The number of likely N-dealkylation sites (tertiary alicyclic amines) is 1. The van der Waals surface area contributed by atoms with Crippen LogP contribution in [0.4, 0.5) is 9.59 Å². The first kappa shape index (κ1) is 41.3. The molecule has 0 spiro atoms. The Morgan fingerprint density at radius 2 is 1.54 bits per heavy atom. The number of rotatable bonds is 13. The van der Waals surface area contributed by atoms with Crippen molar-refractivity contribution in [3.63, 3.8) is 0 Å². The standard InChI is InChI=1S/C38H46N8O7.C3H8/c1-22(2)34(45-38(50)52-4)36(48)46-15-7-8-29(46)35-41-20-28(44-35)24-11-13-31-26(17-24)18-25-16-23(10-12-30(25)53-31)27-19-40-32(43-27)9-5-6-14-39-33(47)21-42-37(49)51-3;1-3-2/h10-13,16-17,19-20,22,29,34H,5-9,14-15,18,21H2,1-4H3,(H,39,47)(H,40,43)(H,41,44)(H,42,49)(H,45,50);3H2,1-2H3. The molecule has 1 fully saturated rings. The van der Waals surface area contributed by atoms with Crippen molar-refractivity contribution in [2.24, 2.45) is 5.92 Å². The van der Waals surface area contributed by atoms with Gasteiger partial charge in [-0.15, -0.1) is 0 Å². The van der Waals surface area contributed by atoms with Gasteiger partial charge in [-0.3, -0.25) is 9.59 Å². The van der Waals surface area contributed by atoms with Gasteiger partial charge in [-0.1, -0.05) is 34.1 Å². The number of carbonyl (C=O) groups excluding carboxylic acids is 4. The van der Waals surface area contributed by atoms with Gasteiger partial charge in [-0.05, 0) is 79.1 Å². The highest BCUT2D eigenvalue weighted by molar-refractivity contribution is 5.86. The van der Waals surface area contributed by atoms with Crippen LogP contribution in [0.5, 0.6) is 11.5 Å². The highest BCUT2D eigenvalue weighted by atomic mass is 16.5. The van der Waals surface area contributed by atoms with Gasteiger partial charge in [0.1, 0.15) is 29.2 Å². The van der Waals surface area contributed by atoms with E-state index in [0.29, 0.717) is 25.3 Å². The summed E-state index contributed by atoms with van der Waals surface area (Å²) in [7, 11) is 2.53. The number of aromatic nitrogens is 4. The Balaban J connectivity index is 0.00000194. The van der Waals surface area contributed by atoms with Crippen molar-refractivity contribution in [3.8, 4) is 34.0 Å². The number of unbranched alkanes of at least 4 members (excludes halogenated alkanes) is 1. The molecule has 0 bridgehead atoms. The van der Waals surface area contributed by atoms with Gasteiger partial charge in [0.05, 0.1) is 50.6 Å². The number of nitrogens with one attached hydrogen (secondary N) is 5. The summed E-state index contributed by atoms with van der Waals surface area (Å²) in [5.41, 5.74) is 5.84. The van der Waals surface area contributed by atoms with Crippen LogP contribution in [0.3, 0.4) is 0 Å². The third kappa shape index (κ3) is 10.5. The van der Waals surface area contributed by atoms with Gasteiger partial charge in [-0.2, -0.15) is 0 Å². The molecule has 300 valence electrons. The topological polar surface area (TPSA) is 193 Å². The second-order valence-electron chi connectivity index (χ2n) is 14.3.